The lowest BCUT2D eigenvalue weighted by Gasteiger charge is -2.21. The highest BCUT2D eigenvalue weighted by molar-refractivity contribution is 5.64. The second-order valence-electron chi connectivity index (χ2n) is 6.50. The van der Waals surface area contributed by atoms with Gasteiger partial charge in [0.05, 0.1) is 0 Å². The molecule has 0 saturated carbocycles. The Hall–Kier alpha value is -1.51. The Morgan fingerprint density at radius 1 is 0.875 bits per heavy atom. The van der Waals surface area contributed by atoms with Gasteiger partial charge in [-0.2, -0.15) is 0 Å². The predicted octanol–water partition coefficient (Wildman–Crippen LogP) is 6.33. The first kappa shape index (κ1) is 20.5. The first-order chi connectivity index (χ1) is 11.6. The van der Waals surface area contributed by atoms with Crippen LogP contribution in [0.1, 0.15) is 88.5 Å². The second-order valence-corrected chi connectivity index (χ2v) is 6.50. The minimum absolute atomic E-state index is 0.569. The van der Waals surface area contributed by atoms with Crippen molar-refractivity contribution in [2.24, 2.45) is 0 Å². The van der Waals surface area contributed by atoms with Gasteiger partial charge in [-0.3, -0.25) is 0 Å². The van der Waals surface area contributed by atoms with Crippen molar-refractivity contribution in [3.63, 3.8) is 0 Å². The molecule has 3 nitrogen and oxygen atoms in total. The van der Waals surface area contributed by atoms with Crippen molar-refractivity contribution >= 4 is 6.16 Å². The molecule has 0 heterocycles. The molecule has 24 heavy (non-hydrogen) atoms. The van der Waals surface area contributed by atoms with E-state index in [0.717, 1.165) is 56.9 Å². The van der Waals surface area contributed by atoms with Gasteiger partial charge in [-0.1, -0.05) is 47.0 Å². The number of unbranched alkanes of at least 4 members (excludes halogenated alkanes) is 3. The van der Waals surface area contributed by atoms with Crippen molar-refractivity contribution < 1.29 is 14.6 Å². The maximum atomic E-state index is 11.2. The molecule has 0 fully saturated rings. The molecule has 136 valence electrons. The van der Waals surface area contributed by atoms with E-state index in [1.807, 2.05) is 6.07 Å². The summed E-state index contributed by atoms with van der Waals surface area (Å²) in [5.74, 6) is 0.569. The molecule has 1 aromatic rings. The zero-order valence-corrected chi connectivity index (χ0v) is 15.9. The van der Waals surface area contributed by atoms with E-state index in [-0.39, 0.29) is 0 Å². The normalized spacial score (nSPS) is 10.8. The monoisotopic (exact) mass is 334 g/mol. The van der Waals surface area contributed by atoms with Crippen LogP contribution in [0.3, 0.4) is 0 Å². The molecule has 3 heteroatoms. The SMILES string of the molecule is CCCCc1c(CC)cc(OC(=O)O)c(CCCC)c1CCCC. The van der Waals surface area contributed by atoms with Crippen LogP contribution in [0.2, 0.25) is 0 Å². The van der Waals surface area contributed by atoms with Crippen LogP contribution in [0.15, 0.2) is 6.07 Å². The molecule has 0 atom stereocenters. The molecule has 0 aromatic heterocycles. The van der Waals surface area contributed by atoms with Gasteiger partial charge in [0, 0.05) is 0 Å². The first-order valence-corrected chi connectivity index (χ1v) is 9.66. The molecule has 1 rings (SSSR count). The maximum absolute atomic E-state index is 11.2. The average Bonchev–Trinajstić information content (AvgIpc) is 2.56. The minimum atomic E-state index is -1.21. The van der Waals surface area contributed by atoms with Gasteiger partial charge in [0.15, 0.2) is 0 Å². The highest BCUT2D eigenvalue weighted by atomic mass is 16.7. The third-order valence-electron chi connectivity index (χ3n) is 4.64. The van der Waals surface area contributed by atoms with Crippen LogP contribution in [-0.2, 0) is 25.7 Å². The fourth-order valence-corrected chi connectivity index (χ4v) is 3.31. The van der Waals surface area contributed by atoms with Gasteiger partial charge >= 0.3 is 6.16 Å². The summed E-state index contributed by atoms with van der Waals surface area (Å²) in [5.41, 5.74) is 5.22. The van der Waals surface area contributed by atoms with E-state index in [0.29, 0.717) is 5.75 Å². The molecule has 1 N–H and O–H groups in total. The number of rotatable bonds is 11. The number of benzene rings is 1. The summed E-state index contributed by atoms with van der Waals surface area (Å²) in [5, 5.41) is 9.14. The van der Waals surface area contributed by atoms with Gasteiger partial charge in [0.2, 0.25) is 0 Å². The minimum Gasteiger partial charge on any atom is -0.449 e. The summed E-state index contributed by atoms with van der Waals surface area (Å²) >= 11 is 0. The molecule has 0 bridgehead atoms. The van der Waals surface area contributed by atoms with E-state index < -0.39 is 6.16 Å². The second kappa shape index (κ2) is 11.1. The topological polar surface area (TPSA) is 46.5 Å². The van der Waals surface area contributed by atoms with Crippen LogP contribution in [0, 0.1) is 0 Å². The zero-order valence-electron chi connectivity index (χ0n) is 15.9. The summed E-state index contributed by atoms with van der Waals surface area (Å²) in [4.78, 5) is 11.2. The first-order valence-electron chi connectivity index (χ1n) is 9.66. The van der Waals surface area contributed by atoms with Crippen LogP contribution in [-0.4, -0.2) is 11.3 Å². The number of ether oxygens (including phenoxy) is 1. The highest BCUT2D eigenvalue weighted by Gasteiger charge is 2.19. The third kappa shape index (κ3) is 5.85. The van der Waals surface area contributed by atoms with Gasteiger partial charge in [-0.25, -0.2) is 4.79 Å². The molecule has 0 saturated heterocycles. The smallest absolute Gasteiger partial charge is 0.449 e. The van der Waals surface area contributed by atoms with Crippen molar-refractivity contribution in [1.82, 2.24) is 0 Å². The number of carboxylic acid groups (broad SMARTS) is 1. The number of aryl methyl sites for hydroxylation is 1. The molecule has 0 unspecified atom stereocenters. The Kier molecular flexibility index (Phi) is 9.51. The molecular formula is C21H34O3. The van der Waals surface area contributed by atoms with E-state index in [2.05, 4.69) is 27.7 Å². The van der Waals surface area contributed by atoms with Crippen molar-refractivity contribution in [2.45, 2.75) is 91.9 Å². The zero-order chi connectivity index (χ0) is 17.9. The van der Waals surface area contributed by atoms with Crippen molar-refractivity contribution in [1.29, 1.82) is 0 Å². The Labute approximate surface area is 147 Å². The molecule has 0 spiro atoms. The van der Waals surface area contributed by atoms with E-state index in [1.54, 1.807) is 0 Å². The molecule has 0 aliphatic rings. The lowest BCUT2D eigenvalue weighted by atomic mass is 9.86. The van der Waals surface area contributed by atoms with E-state index in [1.165, 1.54) is 29.5 Å². The molecule has 0 amide bonds. The summed E-state index contributed by atoms with van der Waals surface area (Å²) in [6.07, 6.45) is 9.52. The number of carbonyl (C=O) groups is 1. The standard InChI is InChI=1S/C21H34O3/c1-5-9-12-17-16(8-4)15-20(24-21(22)23)19(14-11-7-3)18(17)13-10-6-2/h15H,5-14H2,1-4H3,(H,22,23). The Bertz CT molecular complexity index is 520. The van der Waals surface area contributed by atoms with Crippen LogP contribution in [0.25, 0.3) is 0 Å². The fourth-order valence-electron chi connectivity index (χ4n) is 3.31. The van der Waals surface area contributed by atoms with Gasteiger partial charge in [-0.15, -0.1) is 0 Å². The largest absolute Gasteiger partial charge is 0.511 e. The van der Waals surface area contributed by atoms with Gasteiger partial charge < -0.3 is 9.84 Å². The molecule has 0 aliphatic carbocycles. The quantitative estimate of drug-likeness (QED) is 0.380. The number of hydrogen-bond donors (Lipinski definition) is 1. The van der Waals surface area contributed by atoms with Gasteiger partial charge in [-0.05, 0) is 73.3 Å². The summed E-state index contributed by atoms with van der Waals surface area (Å²) in [6.45, 7) is 8.74. The Morgan fingerprint density at radius 3 is 1.83 bits per heavy atom. The van der Waals surface area contributed by atoms with Crippen LogP contribution >= 0.6 is 0 Å². The van der Waals surface area contributed by atoms with Crippen molar-refractivity contribution in [2.75, 3.05) is 0 Å². The maximum Gasteiger partial charge on any atom is 0.511 e. The van der Waals surface area contributed by atoms with E-state index in [9.17, 15) is 4.79 Å². The van der Waals surface area contributed by atoms with Crippen LogP contribution in [0.5, 0.6) is 5.75 Å². The molecule has 0 radical (unpaired) electrons. The molecule has 0 aliphatic heterocycles. The van der Waals surface area contributed by atoms with Crippen LogP contribution in [0.4, 0.5) is 4.79 Å². The molecule has 1 aromatic carbocycles. The van der Waals surface area contributed by atoms with E-state index >= 15 is 0 Å². The van der Waals surface area contributed by atoms with Crippen LogP contribution < -0.4 is 4.74 Å². The lowest BCUT2D eigenvalue weighted by Crippen LogP contribution is -2.11. The number of hydrogen-bond acceptors (Lipinski definition) is 2. The van der Waals surface area contributed by atoms with Gasteiger partial charge in [0.1, 0.15) is 5.75 Å². The fraction of sp³-hybridized carbons (Fsp3) is 0.667. The third-order valence-corrected chi connectivity index (χ3v) is 4.64. The summed E-state index contributed by atoms with van der Waals surface area (Å²) in [7, 11) is 0. The average molecular weight is 335 g/mol. The Morgan fingerprint density at radius 2 is 1.38 bits per heavy atom. The molecular weight excluding hydrogens is 300 g/mol. The lowest BCUT2D eigenvalue weighted by molar-refractivity contribution is 0.144. The predicted molar refractivity (Wildman–Crippen MR) is 100 cm³/mol. The summed E-state index contributed by atoms with van der Waals surface area (Å²) < 4.78 is 5.18. The summed E-state index contributed by atoms with van der Waals surface area (Å²) in [6, 6.07) is 1.99. The highest BCUT2D eigenvalue weighted by Crippen LogP contribution is 2.33. The van der Waals surface area contributed by atoms with E-state index in [4.69, 9.17) is 9.84 Å². The van der Waals surface area contributed by atoms with Crippen molar-refractivity contribution in [3.05, 3.63) is 28.3 Å². The van der Waals surface area contributed by atoms with Crippen molar-refractivity contribution in [3.8, 4) is 5.75 Å². The Balaban J connectivity index is 3.44. The van der Waals surface area contributed by atoms with Gasteiger partial charge in [0.25, 0.3) is 0 Å².